The van der Waals surface area contributed by atoms with Crippen molar-refractivity contribution < 1.29 is 19.4 Å². The molecule has 0 radical (unpaired) electrons. The fourth-order valence-electron chi connectivity index (χ4n) is 3.15. The molecule has 1 aliphatic carbocycles. The molecule has 1 aliphatic rings. The van der Waals surface area contributed by atoms with Crippen LogP contribution in [0, 0.1) is 11.8 Å². The second-order valence-corrected chi connectivity index (χ2v) is 6.96. The van der Waals surface area contributed by atoms with Crippen LogP contribution in [0.1, 0.15) is 31.2 Å². The van der Waals surface area contributed by atoms with Gasteiger partial charge in [0.2, 0.25) is 5.91 Å². The van der Waals surface area contributed by atoms with Crippen molar-refractivity contribution in [3.8, 4) is 5.75 Å². The van der Waals surface area contributed by atoms with E-state index in [1.54, 1.807) is 19.1 Å². The lowest BCUT2D eigenvalue weighted by Crippen LogP contribution is -2.36. The van der Waals surface area contributed by atoms with Gasteiger partial charge in [0.25, 0.3) is 0 Å². The van der Waals surface area contributed by atoms with Crippen LogP contribution in [0.5, 0.6) is 5.75 Å². The molecule has 6 heteroatoms. The van der Waals surface area contributed by atoms with Crippen LogP contribution in [-0.2, 0) is 16.1 Å². The SMILES string of the molecule is COc1ccc(Br)cc1CN(C)C(=O)C1CCCC(C(=O)O)C1. The Morgan fingerprint density at radius 2 is 2.04 bits per heavy atom. The standard InChI is InChI=1S/C17H22BrNO4/c1-19(10-13-9-14(18)6-7-15(13)23-2)16(20)11-4-3-5-12(8-11)17(21)22/h6-7,9,11-12H,3-5,8,10H2,1-2H3,(H,21,22). The Kier molecular flexibility index (Phi) is 6.04. The molecule has 1 aromatic carbocycles. The monoisotopic (exact) mass is 383 g/mol. The van der Waals surface area contributed by atoms with Crippen LogP contribution in [-0.4, -0.2) is 36.0 Å². The van der Waals surface area contributed by atoms with Gasteiger partial charge in [-0.05, 0) is 37.5 Å². The molecule has 1 aromatic rings. The fraction of sp³-hybridized carbons (Fsp3) is 0.529. The van der Waals surface area contributed by atoms with Crippen molar-refractivity contribution in [1.82, 2.24) is 4.90 Å². The van der Waals surface area contributed by atoms with Crippen molar-refractivity contribution in [3.05, 3.63) is 28.2 Å². The maximum absolute atomic E-state index is 12.6. The van der Waals surface area contributed by atoms with Gasteiger partial charge in [-0.3, -0.25) is 9.59 Å². The number of hydrogen-bond acceptors (Lipinski definition) is 3. The maximum Gasteiger partial charge on any atom is 0.306 e. The van der Waals surface area contributed by atoms with Gasteiger partial charge in [0.15, 0.2) is 0 Å². The number of aliphatic carboxylic acids is 1. The van der Waals surface area contributed by atoms with Crippen LogP contribution in [0.4, 0.5) is 0 Å². The summed E-state index contributed by atoms with van der Waals surface area (Å²) in [6, 6.07) is 5.69. The molecule has 0 spiro atoms. The number of benzene rings is 1. The van der Waals surface area contributed by atoms with Crippen LogP contribution in [0.3, 0.4) is 0 Å². The highest BCUT2D eigenvalue weighted by Gasteiger charge is 2.32. The minimum absolute atomic E-state index is 0.0120. The summed E-state index contributed by atoms with van der Waals surface area (Å²) in [5, 5.41) is 9.16. The summed E-state index contributed by atoms with van der Waals surface area (Å²) in [6.07, 6.45) is 2.67. The zero-order valence-corrected chi connectivity index (χ0v) is 15.0. The third kappa shape index (κ3) is 4.47. The molecule has 1 amide bonds. The molecule has 2 rings (SSSR count). The molecular formula is C17H22BrNO4. The van der Waals surface area contributed by atoms with Crippen molar-refractivity contribution >= 4 is 27.8 Å². The lowest BCUT2D eigenvalue weighted by atomic mass is 9.81. The number of carboxylic acid groups (broad SMARTS) is 1. The molecule has 1 fully saturated rings. The molecule has 0 saturated heterocycles. The second-order valence-electron chi connectivity index (χ2n) is 6.05. The smallest absolute Gasteiger partial charge is 0.306 e. The summed E-state index contributed by atoms with van der Waals surface area (Å²) in [7, 11) is 3.36. The van der Waals surface area contributed by atoms with Crippen LogP contribution in [0.15, 0.2) is 22.7 Å². The highest BCUT2D eigenvalue weighted by atomic mass is 79.9. The molecule has 23 heavy (non-hydrogen) atoms. The van der Waals surface area contributed by atoms with E-state index in [0.717, 1.165) is 28.6 Å². The van der Waals surface area contributed by atoms with Crippen molar-refractivity contribution in [3.63, 3.8) is 0 Å². The third-order valence-corrected chi connectivity index (χ3v) is 4.89. The van der Waals surface area contributed by atoms with Crippen molar-refractivity contribution in [2.24, 2.45) is 11.8 Å². The van der Waals surface area contributed by atoms with E-state index in [1.807, 2.05) is 18.2 Å². The van der Waals surface area contributed by atoms with E-state index < -0.39 is 11.9 Å². The molecule has 126 valence electrons. The summed E-state index contributed by atoms with van der Waals surface area (Å²) < 4.78 is 6.27. The number of amides is 1. The Bertz CT molecular complexity index is 590. The Labute approximate surface area is 144 Å². The number of ether oxygens (including phenoxy) is 1. The number of hydrogen-bond donors (Lipinski definition) is 1. The van der Waals surface area contributed by atoms with E-state index in [1.165, 1.54) is 0 Å². The molecule has 0 aromatic heterocycles. The maximum atomic E-state index is 12.6. The summed E-state index contributed by atoms with van der Waals surface area (Å²) in [5.41, 5.74) is 0.920. The summed E-state index contributed by atoms with van der Waals surface area (Å²) in [6.45, 7) is 0.440. The predicted octanol–water partition coefficient (Wildman–Crippen LogP) is 3.31. The van der Waals surface area contributed by atoms with Crippen LogP contribution in [0.25, 0.3) is 0 Å². The van der Waals surface area contributed by atoms with Gasteiger partial charge < -0.3 is 14.7 Å². The van der Waals surface area contributed by atoms with Gasteiger partial charge in [-0.1, -0.05) is 22.4 Å². The molecule has 0 aliphatic heterocycles. The Balaban J connectivity index is 2.05. The first-order valence-electron chi connectivity index (χ1n) is 7.72. The average molecular weight is 384 g/mol. The zero-order valence-electron chi connectivity index (χ0n) is 13.4. The quantitative estimate of drug-likeness (QED) is 0.846. The van der Waals surface area contributed by atoms with Crippen molar-refractivity contribution in [2.75, 3.05) is 14.2 Å². The van der Waals surface area contributed by atoms with Gasteiger partial charge in [0, 0.05) is 29.5 Å². The number of carbonyl (C=O) groups excluding carboxylic acids is 1. The Morgan fingerprint density at radius 1 is 1.35 bits per heavy atom. The Morgan fingerprint density at radius 3 is 2.70 bits per heavy atom. The highest BCUT2D eigenvalue weighted by Crippen LogP contribution is 2.31. The second kappa shape index (κ2) is 7.81. The number of rotatable bonds is 5. The van der Waals surface area contributed by atoms with Gasteiger partial charge in [-0.2, -0.15) is 0 Å². The van der Waals surface area contributed by atoms with Gasteiger partial charge >= 0.3 is 5.97 Å². The largest absolute Gasteiger partial charge is 0.496 e. The summed E-state index contributed by atoms with van der Waals surface area (Å²) >= 11 is 3.43. The number of carbonyl (C=O) groups is 2. The minimum Gasteiger partial charge on any atom is -0.496 e. The lowest BCUT2D eigenvalue weighted by molar-refractivity contribution is -0.145. The molecular weight excluding hydrogens is 362 g/mol. The average Bonchev–Trinajstić information content (AvgIpc) is 2.54. The van der Waals surface area contributed by atoms with E-state index in [9.17, 15) is 9.59 Å². The van der Waals surface area contributed by atoms with Gasteiger partial charge in [0.05, 0.1) is 13.0 Å². The van der Waals surface area contributed by atoms with E-state index in [2.05, 4.69) is 15.9 Å². The van der Waals surface area contributed by atoms with E-state index in [0.29, 0.717) is 19.4 Å². The van der Waals surface area contributed by atoms with Gasteiger partial charge in [-0.15, -0.1) is 0 Å². The first-order chi connectivity index (χ1) is 10.9. The molecule has 1 saturated carbocycles. The zero-order chi connectivity index (χ0) is 17.0. The van der Waals surface area contributed by atoms with Gasteiger partial charge in [-0.25, -0.2) is 0 Å². The molecule has 5 nitrogen and oxygen atoms in total. The van der Waals surface area contributed by atoms with Gasteiger partial charge in [0.1, 0.15) is 5.75 Å². The number of carboxylic acids is 1. The molecule has 1 N–H and O–H groups in total. The molecule has 0 heterocycles. The first-order valence-corrected chi connectivity index (χ1v) is 8.52. The summed E-state index contributed by atoms with van der Waals surface area (Å²) in [5.74, 6) is -0.642. The van der Waals surface area contributed by atoms with Crippen molar-refractivity contribution in [1.29, 1.82) is 0 Å². The number of nitrogens with zero attached hydrogens (tertiary/aromatic N) is 1. The Hall–Kier alpha value is -1.56. The fourth-order valence-corrected chi connectivity index (χ4v) is 3.56. The highest BCUT2D eigenvalue weighted by molar-refractivity contribution is 9.10. The lowest BCUT2D eigenvalue weighted by Gasteiger charge is -2.29. The van der Waals surface area contributed by atoms with Crippen LogP contribution >= 0.6 is 15.9 Å². The predicted molar refractivity (Wildman–Crippen MR) is 90.3 cm³/mol. The number of methoxy groups -OCH3 is 1. The topological polar surface area (TPSA) is 66.8 Å². The number of halogens is 1. The van der Waals surface area contributed by atoms with E-state index in [4.69, 9.17) is 9.84 Å². The molecule has 2 unspecified atom stereocenters. The molecule has 2 atom stereocenters. The molecule has 0 bridgehead atoms. The minimum atomic E-state index is -0.793. The third-order valence-electron chi connectivity index (χ3n) is 4.40. The first kappa shape index (κ1) is 17.8. The summed E-state index contributed by atoms with van der Waals surface area (Å²) in [4.78, 5) is 25.5. The van der Waals surface area contributed by atoms with E-state index >= 15 is 0 Å². The van der Waals surface area contributed by atoms with Crippen LogP contribution < -0.4 is 4.74 Å². The van der Waals surface area contributed by atoms with Crippen molar-refractivity contribution in [2.45, 2.75) is 32.2 Å². The normalized spacial score (nSPS) is 20.8. The van der Waals surface area contributed by atoms with Crippen LogP contribution in [0.2, 0.25) is 0 Å². The van der Waals surface area contributed by atoms with E-state index in [-0.39, 0.29) is 11.8 Å².